The molecule has 3 rings (SSSR count). The number of imidazole rings is 1. The molecule has 1 aromatic heterocycles. The third kappa shape index (κ3) is 3.50. The van der Waals surface area contributed by atoms with E-state index >= 15 is 0 Å². The van der Waals surface area contributed by atoms with Gasteiger partial charge in [0.05, 0.1) is 24.7 Å². The van der Waals surface area contributed by atoms with Gasteiger partial charge in [-0.3, -0.25) is 5.41 Å². The second-order valence-corrected chi connectivity index (χ2v) is 5.94. The summed E-state index contributed by atoms with van der Waals surface area (Å²) in [6, 6.07) is 15.1. The van der Waals surface area contributed by atoms with Crippen molar-refractivity contribution in [1.29, 1.82) is 5.41 Å². The van der Waals surface area contributed by atoms with Crippen molar-refractivity contribution in [3.8, 4) is 11.5 Å². The third-order valence-electron chi connectivity index (χ3n) is 4.18. The summed E-state index contributed by atoms with van der Waals surface area (Å²) < 4.78 is 14.6. The number of aliphatic hydroxyl groups excluding tert-OH is 1. The van der Waals surface area contributed by atoms with Gasteiger partial charge in [0.2, 0.25) is 5.62 Å². The predicted octanol–water partition coefficient (Wildman–Crippen LogP) is 2.56. The topological polar surface area (TPSA) is 72.4 Å². The van der Waals surface area contributed by atoms with Crippen molar-refractivity contribution in [3.05, 3.63) is 66.8 Å². The molecule has 1 atom stereocenters. The van der Waals surface area contributed by atoms with Gasteiger partial charge in [-0.15, -0.1) is 6.58 Å². The van der Waals surface area contributed by atoms with Crippen LogP contribution in [0, 0.1) is 5.41 Å². The van der Waals surface area contributed by atoms with Gasteiger partial charge in [0, 0.05) is 6.54 Å². The van der Waals surface area contributed by atoms with E-state index in [0.29, 0.717) is 23.7 Å². The molecule has 0 aliphatic heterocycles. The fourth-order valence-electron chi connectivity index (χ4n) is 2.98. The summed E-state index contributed by atoms with van der Waals surface area (Å²) in [5.41, 5.74) is 2.16. The van der Waals surface area contributed by atoms with Gasteiger partial charge in [0.1, 0.15) is 12.7 Å². The van der Waals surface area contributed by atoms with Crippen LogP contribution in [-0.4, -0.2) is 34.1 Å². The first-order valence-corrected chi connectivity index (χ1v) is 8.43. The van der Waals surface area contributed by atoms with Gasteiger partial charge < -0.3 is 23.7 Å². The van der Waals surface area contributed by atoms with E-state index in [1.54, 1.807) is 29.9 Å². The molecule has 0 spiro atoms. The van der Waals surface area contributed by atoms with Gasteiger partial charge in [-0.05, 0) is 24.3 Å². The lowest BCUT2D eigenvalue weighted by molar-refractivity contribution is 0.0906. The van der Waals surface area contributed by atoms with Gasteiger partial charge >= 0.3 is 0 Å². The lowest BCUT2D eigenvalue weighted by Crippen LogP contribution is -2.31. The van der Waals surface area contributed by atoms with E-state index in [0.717, 1.165) is 11.0 Å². The highest BCUT2D eigenvalue weighted by Gasteiger charge is 2.14. The van der Waals surface area contributed by atoms with Gasteiger partial charge in [0.25, 0.3) is 0 Å². The Morgan fingerprint density at radius 3 is 2.35 bits per heavy atom. The van der Waals surface area contributed by atoms with Gasteiger partial charge in [-0.2, -0.15) is 0 Å². The Kier molecular flexibility index (Phi) is 5.43. The fourth-order valence-corrected chi connectivity index (χ4v) is 2.98. The van der Waals surface area contributed by atoms with E-state index in [1.165, 1.54) is 0 Å². The van der Waals surface area contributed by atoms with E-state index in [4.69, 9.17) is 14.9 Å². The summed E-state index contributed by atoms with van der Waals surface area (Å²) in [5.74, 6) is 1.20. The van der Waals surface area contributed by atoms with Crippen LogP contribution in [0.4, 0.5) is 0 Å². The quantitative estimate of drug-likeness (QED) is 0.611. The zero-order valence-electron chi connectivity index (χ0n) is 14.8. The molecule has 2 N–H and O–H groups in total. The monoisotopic (exact) mass is 353 g/mol. The number of nitrogens with one attached hydrogen (secondary N) is 1. The first kappa shape index (κ1) is 17.8. The average molecular weight is 353 g/mol. The Labute approximate surface area is 152 Å². The second-order valence-electron chi connectivity index (χ2n) is 5.94. The van der Waals surface area contributed by atoms with Crippen LogP contribution >= 0.6 is 0 Å². The van der Waals surface area contributed by atoms with Crippen molar-refractivity contribution in [3.63, 3.8) is 0 Å². The number of aromatic nitrogens is 2. The molecule has 6 nitrogen and oxygen atoms in total. The predicted molar refractivity (Wildman–Crippen MR) is 100 cm³/mol. The SMILES string of the molecule is C=CCn1c(=N)n(C[C@@H](O)COc2ccccc2OC)c2ccccc21. The Hall–Kier alpha value is -2.99. The number of hydrogen-bond acceptors (Lipinski definition) is 4. The molecule has 0 saturated carbocycles. The van der Waals surface area contributed by atoms with Crippen LogP contribution in [0.5, 0.6) is 11.5 Å². The first-order valence-electron chi connectivity index (χ1n) is 8.43. The number of para-hydroxylation sites is 4. The molecule has 2 aromatic carbocycles. The van der Waals surface area contributed by atoms with Crippen molar-refractivity contribution in [2.75, 3.05) is 13.7 Å². The number of nitrogens with zero attached hydrogens (tertiary/aromatic N) is 2. The summed E-state index contributed by atoms with van der Waals surface area (Å²) in [7, 11) is 1.58. The standard InChI is InChI=1S/C20H23N3O3/c1-3-12-22-16-8-4-5-9-17(16)23(20(22)21)13-15(24)14-26-19-11-7-6-10-18(19)25-2/h3-11,15,21,24H,1,12-14H2,2H3/t15-/m1/s1. The normalized spacial score (nSPS) is 12.1. The number of rotatable bonds is 8. The van der Waals surface area contributed by atoms with Crippen LogP contribution in [0.15, 0.2) is 61.2 Å². The summed E-state index contributed by atoms with van der Waals surface area (Å²) in [4.78, 5) is 0. The molecular weight excluding hydrogens is 330 g/mol. The highest BCUT2D eigenvalue weighted by atomic mass is 16.5. The van der Waals surface area contributed by atoms with Crippen molar-refractivity contribution in [2.45, 2.75) is 19.2 Å². The van der Waals surface area contributed by atoms with Crippen LogP contribution in [0.1, 0.15) is 0 Å². The van der Waals surface area contributed by atoms with E-state index in [1.807, 2.05) is 41.0 Å². The molecule has 0 aliphatic rings. The number of allylic oxidation sites excluding steroid dienone is 1. The molecule has 0 radical (unpaired) electrons. The number of hydrogen-bond donors (Lipinski definition) is 2. The minimum Gasteiger partial charge on any atom is -0.493 e. The lowest BCUT2D eigenvalue weighted by atomic mass is 10.3. The Bertz CT molecular complexity index is 958. The van der Waals surface area contributed by atoms with E-state index in [9.17, 15) is 5.11 Å². The zero-order valence-corrected chi connectivity index (χ0v) is 14.8. The molecule has 0 fully saturated rings. The molecule has 136 valence electrons. The van der Waals surface area contributed by atoms with Crippen molar-refractivity contribution in [1.82, 2.24) is 9.13 Å². The number of benzene rings is 2. The number of ether oxygens (including phenoxy) is 2. The molecule has 26 heavy (non-hydrogen) atoms. The molecule has 1 heterocycles. The van der Waals surface area contributed by atoms with Crippen LogP contribution in [0.3, 0.4) is 0 Å². The summed E-state index contributed by atoms with van der Waals surface area (Å²) in [6.45, 7) is 4.67. The summed E-state index contributed by atoms with van der Waals surface area (Å²) in [5, 5.41) is 18.9. The molecule has 0 aliphatic carbocycles. The smallest absolute Gasteiger partial charge is 0.203 e. The Morgan fingerprint density at radius 1 is 1.08 bits per heavy atom. The maximum Gasteiger partial charge on any atom is 0.203 e. The van der Waals surface area contributed by atoms with Gasteiger partial charge in [0.15, 0.2) is 11.5 Å². The molecule has 0 unspecified atom stereocenters. The lowest BCUT2D eigenvalue weighted by Gasteiger charge is -2.15. The fraction of sp³-hybridized carbons (Fsp3) is 0.250. The first-order chi connectivity index (χ1) is 12.7. The van der Waals surface area contributed by atoms with Crippen molar-refractivity contribution in [2.24, 2.45) is 0 Å². The highest BCUT2D eigenvalue weighted by molar-refractivity contribution is 5.75. The van der Waals surface area contributed by atoms with E-state index in [-0.39, 0.29) is 13.2 Å². The van der Waals surface area contributed by atoms with E-state index in [2.05, 4.69) is 6.58 Å². The largest absolute Gasteiger partial charge is 0.493 e. The van der Waals surface area contributed by atoms with Crippen molar-refractivity contribution >= 4 is 11.0 Å². The Balaban J connectivity index is 1.79. The minimum absolute atomic E-state index is 0.105. The second kappa shape index (κ2) is 7.93. The van der Waals surface area contributed by atoms with Crippen molar-refractivity contribution < 1.29 is 14.6 Å². The van der Waals surface area contributed by atoms with Gasteiger partial charge in [-0.25, -0.2) is 0 Å². The third-order valence-corrected chi connectivity index (χ3v) is 4.18. The average Bonchev–Trinajstić information content (AvgIpc) is 2.93. The van der Waals surface area contributed by atoms with Gasteiger partial charge in [-0.1, -0.05) is 30.3 Å². The Morgan fingerprint density at radius 2 is 1.69 bits per heavy atom. The van der Waals surface area contributed by atoms with Crippen LogP contribution in [0.2, 0.25) is 0 Å². The number of methoxy groups -OCH3 is 1. The summed E-state index contributed by atoms with van der Waals surface area (Å²) >= 11 is 0. The van der Waals surface area contributed by atoms with Crippen LogP contribution < -0.4 is 15.1 Å². The van der Waals surface area contributed by atoms with Crippen LogP contribution in [0.25, 0.3) is 11.0 Å². The molecule has 0 amide bonds. The number of fused-ring (bicyclic) bond motifs is 1. The highest BCUT2D eigenvalue weighted by Crippen LogP contribution is 2.25. The molecule has 3 aromatic rings. The zero-order chi connectivity index (χ0) is 18.5. The maximum absolute atomic E-state index is 10.5. The van der Waals surface area contributed by atoms with Crippen LogP contribution in [-0.2, 0) is 13.1 Å². The molecular formula is C20H23N3O3. The minimum atomic E-state index is -0.767. The molecule has 6 heteroatoms. The number of aliphatic hydroxyl groups is 1. The molecule has 0 saturated heterocycles. The maximum atomic E-state index is 10.5. The molecule has 0 bridgehead atoms. The summed E-state index contributed by atoms with van der Waals surface area (Å²) in [6.07, 6.45) is 0.993. The van der Waals surface area contributed by atoms with E-state index < -0.39 is 6.10 Å².